The first-order valence-electron chi connectivity index (χ1n) is 4.04. The summed E-state index contributed by atoms with van der Waals surface area (Å²) in [6.07, 6.45) is -0.0980. The number of Topliss-reactive ketones (excluding diaryl/α,β-unsaturated/α-hetero) is 1. The van der Waals surface area contributed by atoms with Crippen molar-refractivity contribution in [3.63, 3.8) is 0 Å². The molecular weight excluding hydrogens is 168 g/mol. The molecule has 1 aliphatic rings. The molecule has 0 N–H and O–H groups in total. The molecule has 2 rings (SSSR count). The van der Waals surface area contributed by atoms with Crippen LogP contribution in [-0.2, 0) is 9.53 Å². The van der Waals surface area contributed by atoms with Crippen LogP contribution in [0.4, 0.5) is 0 Å². The van der Waals surface area contributed by atoms with Crippen LogP contribution in [0.25, 0.3) is 0 Å². The highest BCUT2D eigenvalue weighted by Gasteiger charge is 2.29. The van der Waals surface area contributed by atoms with Crippen LogP contribution in [0.5, 0.6) is 0 Å². The molecule has 13 heavy (non-hydrogen) atoms. The molecule has 0 saturated heterocycles. The monoisotopic (exact) mass is 176 g/mol. The zero-order valence-electron chi connectivity index (χ0n) is 6.90. The van der Waals surface area contributed by atoms with Gasteiger partial charge in [-0.1, -0.05) is 24.3 Å². The van der Waals surface area contributed by atoms with Gasteiger partial charge in [0.15, 0.2) is 5.78 Å². The Labute approximate surface area is 75.3 Å². The molecule has 0 fully saturated rings. The summed E-state index contributed by atoms with van der Waals surface area (Å²) in [6, 6.07) is 7.21. The quantitative estimate of drug-likeness (QED) is 0.641. The van der Waals surface area contributed by atoms with Crippen LogP contribution in [0.1, 0.15) is 28.4 Å². The minimum Gasteiger partial charge on any atom is -0.459 e. The maximum atomic E-state index is 11.4. The normalized spacial score (nSPS) is 19.7. The van der Waals surface area contributed by atoms with Gasteiger partial charge in [0.1, 0.15) is 6.10 Å². The highest BCUT2D eigenvalue weighted by Crippen LogP contribution is 2.32. The first-order chi connectivity index (χ1) is 6.33. The number of hydrogen-bond donors (Lipinski definition) is 0. The fourth-order valence-corrected chi connectivity index (χ4v) is 1.61. The number of ketones is 1. The molecule has 1 unspecified atom stereocenters. The van der Waals surface area contributed by atoms with Crippen LogP contribution in [0.2, 0.25) is 0 Å². The molecule has 1 aromatic carbocycles. The summed E-state index contributed by atoms with van der Waals surface area (Å²) in [4.78, 5) is 21.5. The lowest BCUT2D eigenvalue weighted by Gasteiger charge is -2.06. The van der Waals surface area contributed by atoms with E-state index in [0.717, 1.165) is 5.56 Å². The van der Waals surface area contributed by atoms with E-state index < -0.39 is 0 Å². The Balaban J connectivity index is 2.41. The van der Waals surface area contributed by atoms with Crippen molar-refractivity contribution in [3.8, 4) is 0 Å². The van der Waals surface area contributed by atoms with Crippen molar-refractivity contribution in [2.24, 2.45) is 0 Å². The molecule has 0 radical (unpaired) electrons. The van der Waals surface area contributed by atoms with Gasteiger partial charge in [-0.2, -0.15) is 0 Å². The predicted molar refractivity (Wildman–Crippen MR) is 45.3 cm³/mol. The first-order valence-corrected chi connectivity index (χ1v) is 4.04. The van der Waals surface area contributed by atoms with E-state index in [4.69, 9.17) is 4.74 Å². The van der Waals surface area contributed by atoms with Crippen molar-refractivity contribution in [2.75, 3.05) is 0 Å². The Morgan fingerprint density at radius 1 is 1.38 bits per heavy atom. The third kappa shape index (κ3) is 1.22. The van der Waals surface area contributed by atoms with Crippen LogP contribution < -0.4 is 0 Å². The van der Waals surface area contributed by atoms with Gasteiger partial charge in [-0.05, 0) is 0 Å². The Bertz CT molecular complexity index is 357. The average molecular weight is 176 g/mol. The van der Waals surface area contributed by atoms with E-state index in [-0.39, 0.29) is 18.3 Å². The summed E-state index contributed by atoms with van der Waals surface area (Å²) in [5, 5.41) is 0. The van der Waals surface area contributed by atoms with Gasteiger partial charge in [0.2, 0.25) is 0 Å². The molecule has 1 aliphatic carbocycles. The molecule has 0 bridgehead atoms. The molecule has 3 nitrogen and oxygen atoms in total. The second-order valence-corrected chi connectivity index (χ2v) is 2.94. The van der Waals surface area contributed by atoms with E-state index in [1.807, 2.05) is 12.1 Å². The van der Waals surface area contributed by atoms with Crippen molar-refractivity contribution in [1.29, 1.82) is 0 Å². The lowest BCUT2D eigenvalue weighted by Crippen LogP contribution is -1.98. The third-order valence-corrected chi connectivity index (χ3v) is 2.20. The summed E-state index contributed by atoms with van der Waals surface area (Å²) < 4.78 is 4.80. The number of carbonyl (C=O) groups excluding carboxylic acids is 2. The summed E-state index contributed by atoms with van der Waals surface area (Å²) in [7, 11) is 0. The Kier molecular flexibility index (Phi) is 1.85. The standard InChI is InChI=1S/C10H8O3/c11-6-13-10-5-9(12)7-3-1-2-4-8(7)10/h1-4,6,10H,5H2. The Hall–Kier alpha value is -1.64. The molecule has 0 spiro atoms. The van der Waals surface area contributed by atoms with Gasteiger partial charge in [-0.25, -0.2) is 0 Å². The number of ether oxygens (including phenoxy) is 1. The molecule has 0 amide bonds. The molecule has 0 aliphatic heterocycles. The summed E-state index contributed by atoms with van der Waals surface area (Å²) in [6.45, 7) is 0.389. The molecule has 0 aromatic heterocycles. The van der Waals surface area contributed by atoms with Gasteiger partial charge in [0.05, 0.1) is 6.42 Å². The summed E-state index contributed by atoms with van der Waals surface area (Å²) in [5.74, 6) is 0.0439. The van der Waals surface area contributed by atoms with E-state index in [2.05, 4.69) is 0 Å². The number of fused-ring (bicyclic) bond motifs is 1. The highest BCUT2D eigenvalue weighted by atomic mass is 16.5. The lowest BCUT2D eigenvalue weighted by molar-refractivity contribution is -0.133. The van der Waals surface area contributed by atoms with Crippen molar-refractivity contribution < 1.29 is 14.3 Å². The van der Waals surface area contributed by atoms with Crippen LogP contribution >= 0.6 is 0 Å². The molecule has 0 saturated carbocycles. The maximum absolute atomic E-state index is 11.4. The lowest BCUT2D eigenvalue weighted by atomic mass is 10.1. The smallest absolute Gasteiger partial charge is 0.293 e. The number of hydrogen-bond acceptors (Lipinski definition) is 3. The minimum atomic E-state index is -0.374. The van der Waals surface area contributed by atoms with Crippen LogP contribution in [0, 0.1) is 0 Å². The fourth-order valence-electron chi connectivity index (χ4n) is 1.61. The highest BCUT2D eigenvalue weighted by molar-refractivity contribution is 6.01. The zero-order valence-corrected chi connectivity index (χ0v) is 6.90. The largest absolute Gasteiger partial charge is 0.459 e. The van der Waals surface area contributed by atoms with E-state index in [9.17, 15) is 9.59 Å². The topological polar surface area (TPSA) is 43.4 Å². The summed E-state index contributed by atoms with van der Waals surface area (Å²) in [5.41, 5.74) is 1.49. The molecule has 1 atom stereocenters. The Morgan fingerprint density at radius 2 is 2.15 bits per heavy atom. The van der Waals surface area contributed by atoms with Crippen LogP contribution in [0.3, 0.4) is 0 Å². The first kappa shape index (κ1) is 7.98. The third-order valence-electron chi connectivity index (χ3n) is 2.20. The van der Waals surface area contributed by atoms with E-state index in [1.54, 1.807) is 12.1 Å². The van der Waals surface area contributed by atoms with E-state index >= 15 is 0 Å². The van der Waals surface area contributed by atoms with Gasteiger partial charge in [-0.3, -0.25) is 9.59 Å². The van der Waals surface area contributed by atoms with E-state index in [1.165, 1.54) is 0 Å². The molecular formula is C10H8O3. The SMILES string of the molecule is O=COC1CC(=O)c2ccccc21. The Morgan fingerprint density at radius 3 is 2.92 bits per heavy atom. The molecule has 1 aromatic rings. The van der Waals surface area contributed by atoms with Crippen molar-refractivity contribution in [2.45, 2.75) is 12.5 Å². The van der Waals surface area contributed by atoms with Crippen LogP contribution in [-0.4, -0.2) is 12.3 Å². The van der Waals surface area contributed by atoms with Gasteiger partial charge in [-0.15, -0.1) is 0 Å². The molecule has 0 heterocycles. The van der Waals surface area contributed by atoms with Crippen molar-refractivity contribution >= 4 is 12.3 Å². The number of carbonyl (C=O) groups is 2. The summed E-state index contributed by atoms with van der Waals surface area (Å²) >= 11 is 0. The van der Waals surface area contributed by atoms with Gasteiger partial charge in [0, 0.05) is 11.1 Å². The zero-order chi connectivity index (χ0) is 9.26. The van der Waals surface area contributed by atoms with Crippen molar-refractivity contribution in [1.82, 2.24) is 0 Å². The fraction of sp³-hybridized carbons (Fsp3) is 0.200. The van der Waals surface area contributed by atoms with Crippen LogP contribution in [0.15, 0.2) is 24.3 Å². The average Bonchev–Trinajstić information content (AvgIpc) is 2.46. The molecule has 66 valence electrons. The van der Waals surface area contributed by atoms with Crippen molar-refractivity contribution in [3.05, 3.63) is 35.4 Å². The van der Waals surface area contributed by atoms with Gasteiger partial charge in [0.25, 0.3) is 6.47 Å². The second kappa shape index (κ2) is 3.01. The predicted octanol–water partition coefficient (Wildman–Crippen LogP) is 1.49. The van der Waals surface area contributed by atoms with Gasteiger partial charge < -0.3 is 4.74 Å². The number of benzene rings is 1. The maximum Gasteiger partial charge on any atom is 0.293 e. The van der Waals surface area contributed by atoms with Gasteiger partial charge >= 0.3 is 0 Å². The van der Waals surface area contributed by atoms with E-state index in [0.29, 0.717) is 12.0 Å². The second-order valence-electron chi connectivity index (χ2n) is 2.94. The minimum absolute atomic E-state index is 0.0439. The molecule has 3 heteroatoms. The number of rotatable bonds is 2.